The van der Waals surface area contributed by atoms with E-state index in [0.29, 0.717) is 0 Å². The largest absolute Gasteiger partial charge is 0.325 e. The molecule has 118 valence electrons. The highest BCUT2D eigenvalue weighted by atomic mass is 16.2. The summed E-state index contributed by atoms with van der Waals surface area (Å²) in [6.07, 6.45) is 0. The molecule has 1 N–H and O–H groups in total. The summed E-state index contributed by atoms with van der Waals surface area (Å²) in [6.45, 7) is 2.48. The van der Waals surface area contributed by atoms with Crippen molar-refractivity contribution in [1.82, 2.24) is 4.90 Å². The van der Waals surface area contributed by atoms with Crippen LogP contribution in [-0.2, 0) is 16.8 Å². The van der Waals surface area contributed by atoms with E-state index in [2.05, 4.69) is 58.7 Å². The molecule has 0 radical (unpaired) electrons. The fraction of sp³-hybridized carbons (Fsp3) is 0.190. The molecule has 1 fully saturated rings. The Morgan fingerprint density at radius 3 is 2.54 bits per heavy atom. The number of anilines is 1. The highest BCUT2D eigenvalue weighted by Crippen LogP contribution is 2.44. The van der Waals surface area contributed by atoms with E-state index in [0.717, 1.165) is 30.9 Å². The van der Waals surface area contributed by atoms with Crippen LogP contribution in [0.25, 0.3) is 10.8 Å². The summed E-state index contributed by atoms with van der Waals surface area (Å²) in [5.74, 6) is 0.151. The standard InChI is InChI=1S/C21H18N2O/c24-20-21(18-7-3-4-8-19(18)22-20)13-23(14-21)12-15-9-10-16-5-1-2-6-17(16)11-15/h1-11H,12-14H2,(H,22,24). The van der Waals surface area contributed by atoms with Crippen LogP contribution < -0.4 is 5.32 Å². The minimum absolute atomic E-state index is 0.151. The quantitative estimate of drug-likeness (QED) is 0.784. The molecule has 2 heterocycles. The molecular formula is C21H18N2O. The van der Waals surface area contributed by atoms with E-state index in [4.69, 9.17) is 0 Å². The van der Waals surface area contributed by atoms with Crippen molar-refractivity contribution in [1.29, 1.82) is 0 Å². The summed E-state index contributed by atoms with van der Waals surface area (Å²) < 4.78 is 0. The van der Waals surface area contributed by atoms with Gasteiger partial charge in [-0.15, -0.1) is 0 Å². The van der Waals surface area contributed by atoms with Gasteiger partial charge in [0.25, 0.3) is 0 Å². The Balaban J connectivity index is 1.37. The van der Waals surface area contributed by atoms with Crippen LogP contribution in [0.15, 0.2) is 66.7 Å². The summed E-state index contributed by atoms with van der Waals surface area (Å²) in [5.41, 5.74) is 3.10. The van der Waals surface area contributed by atoms with Crippen molar-refractivity contribution < 1.29 is 4.79 Å². The Bertz CT molecular complexity index is 957. The first-order valence-corrected chi connectivity index (χ1v) is 8.36. The normalized spacial score (nSPS) is 18.4. The average molecular weight is 314 g/mol. The molecule has 5 rings (SSSR count). The van der Waals surface area contributed by atoms with Gasteiger partial charge in [0.1, 0.15) is 5.41 Å². The zero-order valence-corrected chi connectivity index (χ0v) is 13.3. The van der Waals surface area contributed by atoms with Crippen molar-refractivity contribution in [2.45, 2.75) is 12.0 Å². The fourth-order valence-corrected chi connectivity index (χ4v) is 4.11. The molecule has 24 heavy (non-hydrogen) atoms. The average Bonchev–Trinajstić information content (AvgIpc) is 2.87. The Labute approximate surface area is 140 Å². The first kappa shape index (κ1) is 13.8. The van der Waals surface area contributed by atoms with E-state index in [1.807, 2.05) is 18.2 Å². The van der Waals surface area contributed by atoms with E-state index in [1.165, 1.54) is 16.3 Å². The van der Waals surface area contributed by atoms with Gasteiger partial charge in [0.15, 0.2) is 0 Å². The number of fused-ring (bicyclic) bond motifs is 3. The van der Waals surface area contributed by atoms with Crippen LogP contribution in [0, 0.1) is 0 Å². The summed E-state index contributed by atoms with van der Waals surface area (Å²) in [4.78, 5) is 14.8. The molecule has 0 aliphatic carbocycles. The molecular weight excluding hydrogens is 296 g/mol. The van der Waals surface area contributed by atoms with Crippen LogP contribution in [0.4, 0.5) is 5.69 Å². The van der Waals surface area contributed by atoms with Gasteiger partial charge >= 0.3 is 0 Å². The van der Waals surface area contributed by atoms with Gasteiger partial charge in [0.05, 0.1) is 0 Å². The summed E-state index contributed by atoms with van der Waals surface area (Å²) >= 11 is 0. The second kappa shape index (κ2) is 4.92. The van der Waals surface area contributed by atoms with Crippen molar-refractivity contribution in [2.75, 3.05) is 18.4 Å². The number of nitrogens with one attached hydrogen (secondary N) is 1. The maximum Gasteiger partial charge on any atom is 0.237 e. The van der Waals surface area contributed by atoms with Gasteiger partial charge < -0.3 is 5.32 Å². The van der Waals surface area contributed by atoms with Crippen molar-refractivity contribution in [3.8, 4) is 0 Å². The lowest BCUT2D eigenvalue weighted by Crippen LogP contribution is -2.62. The predicted octanol–water partition coefficient (Wildman–Crippen LogP) is 3.55. The number of carbonyl (C=O) groups excluding carboxylic acids is 1. The molecule has 0 unspecified atom stereocenters. The smallest absolute Gasteiger partial charge is 0.237 e. The zero-order valence-electron chi connectivity index (χ0n) is 13.3. The molecule has 2 aliphatic heterocycles. The number of carbonyl (C=O) groups is 1. The monoisotopic (exact) mass is 314 g/mol. The minimum atomic E-state index is -0.340. The lowest BCUT2D eigenvalue weighted by molar-refractivity contribution is -0.127. The summed E-state index contributed by atoms with van der Waals surface area (Å²) in [7, 11) is 0. The molecule has 3 aromatic carbocycles. The Morgan fingerprint density at radius 2 is 1.67 bits per heavy atom. The molecule has 0 atom stereocenters. The second-order valence-corrected chi connectivity index (χ2v) is 6.91. The SMILES string of the molecule is O=C1Nc2ccccc2C12CN(Cc1ccc3ccccc3c1)C2. The van der Waals surface area contributed by atoms with Crippen LogP contribution in [-0.4, -0.2) is 23.9 Å². The van der Waals surface area contributed by atoms with Crippen molar-refractivity contribution >= 4 is 22.4 Å². The Morgan fingerprint density at radius 1 is 0.917 bits per heavy atom. The number of likely N-dealkylation sites (tertiary alicyclic amines) is 1. The van der Waals surface area contributed by atoms with E-state index in [-0.39, 0.29) is 11.3 Å². The van der Waals surface area contributed by atoms with Crippen molar-refractivity contribution in [3.63, 3.8) is 0 Å². The lowest BCUT2D eigenvalue weighted by Gasteiger charge is -2.46. The topological polar surface area (TPSA) is 32.3 Å². The Hall–Kier alpha value is -2.65. The third-order valence-corrected chi connectivity index (χ3v) is 5.33. The van der Waals surface area contributed by atoms with Gasteiger partial charge in [-0.2, -0.15) is 0 Å². The number of rotatable bonds is 2. The molecule has 1 spiro atoms. The number of hydrogen-bond donors (Lipinski definition) is 1. The molecule has 0 aromatic heterocycles. The molecule has 1 amide bonds. The first-order valence-electron chi connectivity index (χ1n) is 8.36. The van der Waals surface area contributed by atoms with Crippen LogP contribution in [0.2, 0.25) is 0 Å². The van der Waals surface area contributed by atoms with Gasteiger partial charge in [0.2, 0.25) is 5.91 Å². The van der Waals surface area contributed by atoms with Crippen molar-refractivity contribution in [3.05, 3.63) is 77.9 Å². The lowest BCUT2D eigenvalue weighted by atomic mass is 9.74. The van der Waals surface area contributed by atoms with Crippen molar-refractivity contribution in [2.24, 2.45) is 0 Å². The van der Waals surface area contributed by atoms with Gasteiger partial charge in [-0.05, 0) is 34.0 Å². The van der Waals surface area contributed by atoms with E-state index in [1.54, 1.807) is 0 Å². The van der Waals surface area contributed by atoms with Gasteiger partial charge in [-0.1, -0.05) is 54.6 Å². The van der Waals surface area contributed by atoms with E-state index in [9.17, 15) is 4.79 Å². The molecule has 3 nitrogen and oxygen atoms in total. The van der Waals surface area contributed by atoms with Crippen LogP contribution >= 0.6 is 0 Å². The molecule has 2 aliphatic rings. The molecule has 3 aromatic rings. The Kier molecular flexibility index (Phi) is 2.82. The molecule has 3 heteroatoms. The number of nitrogens with zero attached hydrogens (tertiary/aromatic N) is 1. The van der Waals surface area contributed by atoms with Crippen LogP contribution in [0.1, 0.15) is 11.1 Å². The molecule has 0 saturated carbocycles. The van der Waals surface area contributed by atoms with Crippen LogP contribution in [0.3, 0.4) is 0 Å². The minimum Gasteiger partial charge on any atom is -0.325 e. The van der Waals surface area contributed by atoms with Crippen LogP contribution in [0.5, 0.6) is 0 Å². The summed E-state index contributed by atoms with van der Waals surface area (Å²) in [6, 6.07) is 23.1. The zero-order chi connectivity index (χ0) is 16.1. The third kappa shape index (κ3) is 1.91. The predicted molar refractivity (Wildman–Crippen MR) is 96.0 cm³/mol. The number of hydrogen-bond acceptors (Lipinski definition) is 2. The highest BCUT2D eigenvalue weighted by molar-refractivity contribution is 6.07. The van der Waals surface area contributed by atoms with Gasteiger partial charge in [-0.3, -0.25) is 9.69 Å². The number of para-hydroxylation sites is 1. The maximum atomic E-state index is 12.5. The number of amides is 1. The molecule has 1 saturated heterocycles. The maximum absolute atomic E-state index is 12.5. The fourth-order valence-electron chi connectivity index (χ4n) is 4.11. The van der Waals surface area contributed by atoms with Gasteiger partial charge in [0, 0.05) is 25.3 Å². The third-order valence-electron chi connectivity index (χ3n) is 5.33. The molecule has 0 bridgehead atoms. The van der Waals surface area contributed by atoms with Gasteiger partial charge in [-0.25, -0.2) is 0 Å². The highest BCUT2D eigenvalue weighted by Gasteiger charge is 2.54. The second-order valence-electron chi connectivity index (χ2n) is 6.91. The first-order chi connectivity index (χ1) is 11.7. The van der Waals surface area contributed by atoms with E-state index < -0.39 is 0 Å². The number of benzene rings is 3. The van der Waals surface area contributed by atoms with E-state index >= 15 is 0 Å². The summed E-state index contributed by atoms with van der Waals surface area (Å²) in [5, 5.41) is 5.57.